The summed E-state index contributed by atoms with van der Waals surface area (Å²) < 4.78 is 6.10. The van der Waals surface area contributed by atoms with Gasteiger partial charge in [-0.25, -0.2) is 25.3 Å². The van der Waals surface area contributed by atoms with Crippen LogP contribution in [-0.2, 0) is 16.1 Å². The number of imide groups is 1. The Morgan fingerprint density at radius 3 is 2.51 bits per heavy atom. The van der Waals surface area contributed by atoms with Crippen molar-refractivity contribution in [1.82, 2.24) is 20.1 Å². The molecular weight excluding hydrogens is 476 g/mol. The van der Waals surface area contributed by atoms with E-state index in [2.05, 4.69) is 16.6 Å². The third-order valence-corrected chi connectivity index (χ3v) is 6.72. The molecule has 5 amide bonds. The summed E-state index contributed by atoms with van der Waals surface area (Å²) in [5.41, 5.74) is 2.65. The van der Waals surface area contributed by atoms with Crippen LogP contribution in [0.4, 0.5) is 9.59 Å². The van der Waals surface area contributed by atoms with Gasteiger partial charge in [0.1, 0.15) is 0 Å². The summed E-state index contributed by atoms with van der Waals surface area (Å²) in [6.07, 6.45) is 6.95. The van der Waals surface area contributed by atoms with Crippen molar-refractivity contribution in [2.24, 2.45) is 22.9 Å². The van der Waals surface area contributed by atoms with Gasteiger partial charge in [-0.3, -0.25) is 9.69 Å². The molecule has 1 saturated carbocycles. The van der Waals surface area contributed by atoms with Gasteiger partial charge in [0.2, 0.25) is 6.29 Å². The number of nitrogens with zero attached hydrogens (tertiary/aromatic N) is 4. The van der Waals surface area contributed by atoms with Crippen molar-refractivity contribution in [3.05, 3.63) is 64.2 Å². The van der Waals surface area contributed by atoms with Gasteiger partial charge in [0.25, 0.3) is 5.91 Å². The van der Waals surface area contributed by atoms with E-state index in [0.717, 1.165) is 39.6 Å². The molecule has 0 spiro atoms. The summed E-state index contributed by atoms with van der Waals surface area (Å²) >= 11 is 0. The number of hydrogen-bond donors (Lipinski definition) is 2. The van der Waals surface area contributed by atoms with Crippen LogP contribution in [-0.4, -0.2) is 57.8 Å². The van der Waals surface area contributed by atoms with Crippen molar-refractivity contribution in [3.8, 4) is 0 Å². The van der Waals surface area contributed by atoms with Crippen LogP contribution in [0.1, 0.15) is 44.2 Å². The lowest BCUT2D eigenvalue weighted by molar-refractivity contribution is -0.118. The van der Waals surface area contributed by atoms with Crippen molar-refractivity contribution in [1.29, 1.82) is 0 Å². The van der Waals surface area contributed by atoms with Crippen LogP contribution < -0.4 is 11.2 Å². The van der Waals surface area contributed by atoms with Gasteiger partial charge in [-0.15, -0.1) is 4.91 Å². The van der Waals surface area contributed by atoms with E-state index in [9.17, 15) is 19.3 Å². The van der Waals surface area contributed by atoms with Crippen LogP contribution in [0.25, 0.3) is 0 Å². The number of carbonyl (C=O) groups is 3. The number of hydrazine groups is 1. The summed E-state index contributed by atoms with van der Waals surface area (Å²) in [5, 5.41) is 6.56. The number of hydrogen-bond acceptors (Lipinski definition) is 7. The Hall–Kier alpha value is -3.57. The van der Waals surface area contributed by atoms with E-state index in [1.165, 1.54) is 4.90 Å². The lowest BCUT2D eigenvalue weighted by Gasteiger charge is -2.45. The number of nitrogens with one attached hydrogen (secondary N) is 1. The van der Waals surface area contributed by atoms with Crippen LogP contribution in [0.3, 0.4) is 0 Å². The minimum atomic E-state index is -0.976. The predicted molar refractivity (Wildman–Crippen MR) is 136 cm³/mol. The molecule has 1 saturated heterocycles. The smallest absolute Gasteiger partial charge is 0.345 e. The average Bonchev–Trinajstić information content (AvgIpc) is 3.71. The van der Waals surface area contributed by atoms with Gasteiger partial charge in [-0.05, 0) is 51.2 Å². The van der Waals surface area contributed by atoms with Crippen LogP contribution in [0.2, 0.25) is 0 Å². The Balaban J connectivity index is 1.59. The van der Waals surface area contributed by atoms with Gasteiger partial charge in [-0.2, -0.15) is 0 Å². The van der Waals surface area contributed by atoms with E-state index in [1.807, 2.05) is 57.2 Å². The van der Waals surface area contributed by atoms with Gasteiger partial charge in [0, 0.05) is 23.3 Å². The first-order chi connectivity index (χ1) is 17.7. The molecule has 4 rings (SSSR count). The Morgan fingerprint density at radius 2 is 1.89 bits per heavy atom. The highest BCUT2D eigenvalue weighted by molar-refractivity contribution is 5.96. The highest BCUT2D eigenvalue weighted by Gasteiger charge is 2.44. The Labute approximate surface area is 216 Å². The zero-order chi connectivity index (χ0) is 26.7. The molecule has 1 aliphatic heterocycles. The topological polar surface area (TPSA) is 138 Å². The minimum Gasteiger partial charge on any atom is -0.371 e. The number of aryl methyl sites for hydroxylation is 1. The molecule has 1 heterocycles. The maximum atomic E-state index is 13.5. The summed E-state index contributed by atoms with van der Waals surface area (Å²) in [6.45, 7) is 5.85. The first-order valence-electron chi connectivity index (χ1n) is 12.6. The monoisotopic (exact) mass is 510 g/mol. The van der Waals surface area contributed by atoms with E-state index < -0.39 is 24.3 Å². The fraction of sp³-hybridized carbons (Fsp3) is 0.500. The predicted octanol–water partition coefficient (Wildman–Crippen LogP) is 3.36. The third-order valence-electron chi connectivity index (χ3n) is 6.72. The normalized spacial score (nSPS) is 24.0. The van der Waals surface area contributed by atoms with Gasteiger partial charge in [0.05, 0.1) is 25.2 Å². The standard InChI is InChI=1S/C26H34N6O5/c1-16(2)37-22-11-10-20(14-21(22)19-8-9-19)28-24-31(15-18-6-4-17(3)5-7-18)25(34)30(26(35)32(24)27)13-12-23(33)29-36/h4-7,10-11,14,16,19,21-22,24,28H,8-9,12-13,15,27H2,1-3H3. The van der Waals surface area contributed by atoms with E-state index >= 15 is 0 Å². The zero-order valence-corrected chi connectivity index (χ0v) is 21.4. The zero-order valence-electron chi connectivity index (χ0n) is 21.4. The molecule has 11 heteroatoms. The second-order valence-corrected chi connectivity index (χ2v) is 10.0. The number of rotatable bonds is 10. The third kappa shape index (κ3) is 6.23. The summed E-state index contributed by atoms with van der Waals surface area (Å²) in [4.78, 5) is 50.8. The maximum absolute atomic E-state index is 13.5. The summed E-state index contributed by atoms with van der Waals surface area (Å²) in [6, 6.07) is 6.27. The van der Waals surface area contributed by atoms with Crippen LogP contribution in [0.15, 0.2) is 53.4 Å². The molecule has 2 fully saturated rings. The number of ether oxygens (including phenoxy) is 1. The van der Waals surface area contributed by atoms with Crippen molar-refractivity contribution in [2.75, 3.05) is 6.54 Å². The quantitative estimate of drug-likeness (QED) is 0.280. The van der Waals surface area contributed by atoms with E-state index in [-0.39, 0.29) is 37.6 Å². The molecule has 1 aromatic carbocycles. The van der Waals surface area contributed by atoms with Crippen LogP contribution in [0.5, 0.6) is 0 Å². The highest BCUT2D eigenvalue weighted by atomic mass is 16.5. The lowest BCUT2D eigenvalue weighted by Crippen LogP contribution is -2.71. The molecule has 198 valence electrons. The number of amides is 5. The first-order valence-corrected chi connectivity index (χ1v) is 12.6. The van der Waals surface area contributed by atoms with Crippen molar-refractivity contribution < 1.29 is 19.1 Å². The van der Waals surface area contributed by atoms with Crippen molar-refractivity contribution in [2.45, 2.75) is 65.1 Å². The van der Waals surface area contributed by atoms with E-state index in [4.69, 9.17) is 10.6 Å². The molecule has 0 aromatic heterocycles. The van der Waals surface area contributed by atoms with Crippen molar-refractivity contribution in [3.63, 3.8) is 0 Å². The number of allylic oxidation sites excluding steroid dienone is 1. The lowest BCUT2D eigenvalue weighted by atomic mass is 9.91. The largest absolute Gasteiger partial charge is 0.371 e. The minimum absolute atomic E-state index is 0.0373. The molecule has 37 heavy (non-hydrogen) atoms. The molecule has 3 atom stereocenters. The molecule has 3 N–H and O–H groups in total. The summed E-state index contributed by atoms with van der Waals surface area (Å²) in [5.74, 6) is 6.00. The molecule has 2 aliphatic carbocycles. The average molecular weight is 511 g/mol. The number of nitrogens with two attached hydrogens (primary N) is 1. The number of urea groups is 2. The molecule has 1 aromatic rings. The fourth-order valence-corrected chi connectivity index (χ4v) is 4.64. The van der Waals surface area contributed by atoms with E-state index in [0.29, 0.717) is 5.92 Å². The van der Waals surface area contributed by atoms with Crippen LogP contribution in [0, 0.1) is 23.7 Å². The number of benzene rings is 1. The molecule has 0 bridgehead atoms. The van der Waals surface area contributed by atoms with Gasteiger partial charge in [-0.1, -0.05) is 42.0 Å². The maximum Gasteiger partial charge on any atom is 0.345 e. The van der Waals surface area contributed by atoms with Gasteiger partial charge in [0.15, 0.2) is 0 Å². The fourth-order valence-electron chi connectivity index (χ4n) is 4.64. The van der Waals surface area contributed by atoms with Crippen LogP contribution >= 0.6 is 0 Å². The van der Waals surface area contributed by atoms with Gasteiger partial charge >= 0.3 is 12.1 Å². The van der Waals surface area contributed by atoms with Gasteiger partial charge < -0.3 is 10.1 Å². The molecular formula is C26H34N6O5. The SMILES string of the molecule is Cc1ccc(CN2C(=O)N(CCC(=O)N=O)C(=O)N(N)C2NC2=CC(C3CC3)C(OC(C)C)C=C2)cc1. The van der Waals surface area contributed by atoms with Crippen molar-refractivity contribution >= 4 is 18.0 Å². The Bertz CT molecular complexity index is 1100. The molecule has 0 radical (unpaired) electrons. The number of carbonyl (C=O) groups excluding carboxylic acids is 3. The molecule has 3 unspecified atom stereocenters. The second kappa shape index (κ2) is 11.2. The molecule has 3 aliphatic rings. The Kier molecular flexibility index (Phi) is 8.03. The summed E-state index contributed by atoms with van der Waals surface area (Å²) in [7, 11) is 0. The van der Waals surface area contributed by atoms with E-state index in [1.54, 1.807) is 0 Å². The second-order valence-electron chi connectivity index (χ2n) is 10.0. The highest BCUT2D eigenvalue weighted by Crippen LogP contribution is 2.42. The Morgan fingerprint density at radius 1 is 1.19 bits per heavy atom. The number of nitroso groups, excluding NO2 is 1. The molecule has 11 nitrogen and oxygen atoms in total. The first kappa shape index (κ1) is 26.5.